The van der Waals surface area contributed by atoms with Gasteiger partial charge in [-0.25, -0.2) is 0 Å². The van der Waals surface area contributed by atoms with E-state index in [4.69, 9.17) is 10.6 Å². The molecule has 4 nitrogen and oxygen atoms in total. The van der Waals surface area contributed by atoms with Crippen LogP contribution in [0.25, 0.3) is 0 Å². The molecule has 1 unspecified atom stereocenters. The second-order valence-corrected chi connectivity index (χ2v) is 6.67. The molecule has 0 bridgehead atoms. The van der Waals surface area contributed by atoms with Crippen LogP contribution in [-0.4, -0.2) is 31.7 Å². The van der Waals surface area contributed by atoms with Gasteiger partial charge in [-0.05, 0) is 50.3 Å². The summed E-state index contributed by atoms with van der Waals surface area (Å²) in [6.07, 6.45) is 6.58. The maximum absolute atomic E-state index is 5.58. The molecule has 2 N–H and O–H groups in total. The number of hydrogen-bond donors (Lipinski definition) is 1. The Morgan fingerprint density at radius 1 is 1.38 bits per heavy atom. The molecule has 1 heterocycles. The molecule has 1 aromatic rings. The van der Waals surface area contributed by atoms with Crippen molar-refractivity contribution >= 4 is 11.9 Å². The zero-order valence-corrected chi connectivity index (χ0v) is 14.3. The summed E-state index contributed by atoms with van der Waals surface area (Å²) >= 11 is 0. The van der Waals surface area contributed by atoms with Crippen LogP contribution < -0.4 is 5.84 Å². The third-order valence-corrected chi connectivity index (χ3v) is 4.47. The molecule has 126 valence electrons. The van der Waals surface area contributed by atoms with Crippen molar-refractivity contribution < 1.29 is 4.74 Å². The molecular formula is C20H25N3O. The van der Waals surface area contributed by atoms with E-state index in [1.165, 1.54) is 19.3 Å². The number of nitrogens with zero attached hydrogens (tertiary/aromatic N) is 2. The van der Waals surface area contributed by atoms with Gasteiger partial charge in [0.05, 0.1) is 6.61 Å². The van der Waals surface area contributed by atoms with Crippen LogP contribution in [0.5, 0.6) is 0 Å². The van der Waals surface area contributed by atoms with Gasteiger partial charge < -0.3 is 10.6 Å². The van der Waals surface area contributed by atoms with Crippen LogP contribution in [-0.2, 0) is 4.74 Å². The fraction of sp³-hybridized carbons (Fsp3) is 0.500. The van der Waals surface area contributed by atoms with Crippen LogP contribution in [0, 0.1) is 30.6 Å². The Bertz CT molecular complexity index is 687. The highest BCUT2D eigenvalue weighted by Gasteiger charge is 2.17. The van der Waals surface area contributed by atoms with E-state index >= 15 is 0 Å². The first-order valence-corrected chi connectivity index (χ1v) is 8.74. The average molecular weight is 323 g/mol. The van der Waals surface area contributed by atoms with E-state index in [1.807, 2.05) is 12.1 Å². The van der Waals surface area contributed by atoms with E-state index in [2.05, 4.69) is 34.9 Å². The normalized spacial score (nSPS) is 21.5. The molecule has 1 aliphatic carbocycles. The minimum Gasteiger partial charge on any atom is -0.381 e. The van der Waals surface area contributed by atoms with Crippen LogP contribution in [0.4, 0.5) is 0 Å². The minimum atomic E-state index is 0.509. The lowest BCUT2D eigenvalue weighted by Gasteiger charge is -2.19. The molecule has 2 fully saturated rings. The highest BCUT2D eigenvalue weighted by atomic mass is 16.5. The second kappa shape index (κ2) is 8.12. The number of nitrogens with two attached hydrogens (primary N) is 1. The third-order valence-electron chi connectivity index (χ3n) is 4.47. The van der Waals surface area contributed by atoms with Crippen LogP contribution >= 0.6 is 0 Å². The number of rotatable bonds is 4. The summed E-state index contributed by atoms with van der Waals surface area (Å²) in [5, 5.41) is 3.92. The lowest BCUT2D eigenvalue weighted by molar-refractivity contribution is 0.0583. The maximum Gasteiger partial charge on any atom is 0.108 e. The van der Waals surface area contributed by atoms with Gasteiger partial charge in [0.25, 0.3) is 0 Å². The van der Waals surface area contributed by atoms with Crippen LogP contribution in [0.1, 0.15) is 42.4 Å². The fourth-order valence-corrected chi connectivity index (χ4v) is 2.85. The Morgan fingerprint density at radius 2 is 2.25 bits per heavy atom. The Kier molecular flexibility index (Phi) is 5.66. The van der Waals surface area contributed by atoms with Gasteiger partial charge in [-0.2, -0.15) is 5.10 Å². The van der Waals surface area contributed by atoms with Gasteiger partial charge in [-0.15, -0.1) is 0 Å². The molecular weight excluding hydrogens is 298 g/mol. The molecule has 1 saturated carbocycles. The summed E-state index contributed by atoms with van der Waals surface area (Å²) in [6.45, 7) is 4.51. The topological polar surface area (TPSA) is 60.0 Å². The Balaban J connectivity index is 1.65. The van der Waals surface area contributed by atoms with Crippen molar-refractivity contribution in [2.45, 2.75) is 32.6 Å². The summed E-state index contributed by atoms with van der Waals surface area (Å²) in [4.78, 5) is 4.53. The van der Waals surface area contributed by atoms with Gasteiger partial charge in [-0.1, -0.05) is 17.9 Å². The van der Waals surface area contributed by atoms with Crippen molar-refractivity contribution in [3.05, 3.63) is 34.9 Å². The number of aliphatic imine (C=N–C) groups is 1. The number of hydrazone groups is 1. The summed E-state index contributed by atoms with van der Waals surface area (Å²) in [5.74, 6) is 13.2. The van der Waals surface area contributed by atoms with Gasteiger partial charge >= 0.3 is 0 Å². The smallest absolute Gasteiger partial charge is 0.108 e. The highest BCUT2D eigenvalue weighted by Crippen LogP contribution is 2.27. The van der Waals surface area contributed by atoms with Crippen molar-refractivity contribution in [3.8, 4) is 11.8 Å². The molecule has 0 spiro atoms. The van der Waals surface area contributed by atoms with Gasteiger partial charge in [-0.3, -0.25) is 4.99 Å². The van der Waals surface area contributed by atoms with Gasteiger partial charge in [0.15, 0.2) is 0 Å². The largest absolute Gasteiger partial charge is 0.381 e. The van der Waals surface area contributed by atoms with E-state index in [0.29, 0.717) is 17.5 Å². The van der Waals surface area contributed by atoms with Crippen molar-refractivity contribution in [1.82, 2.24) is 0 Å². The van der Waals surface area contributed by atoms with E-state index in [1.54, 1.807) is 6.21 Å². The quantitative estimate of drug-likeness (QED) is 0.401. The minimum absolute atomic E-state index is 0.509. The van der Waals surface area contributed by atoms with Gasteiger partial charge in [0.2, 0.25) is 0 Å². The second-order valence-electron chi connectivity index (χ2n) is 6.67. The Labute approximate surface area is 144 Å². The lowest BCUT2D eigenvalue weighted by Crippen LogP contribution is -2.20. The summed E-state index contributed by atoms with van der Waals surface area (Å²) < 4.78 is 5.49. The molecule has 3 rings (SSSR count). The van der Waals surface area contributed by atoms with Crippen LogP contribution in [0.3, 0.4) is 0 Å². The lowest BCUT2D eigenvalue weighted by atomic mass is 10.0. The molecule has 4 heteroatoms. The van der Waals surface area contributed by atoms with Crippen LogP contribution in [0.2, 0.25) is 0 Å². The van der Waals surface area contributed by atoms with Crippen molar-refractivity contribution in [2.24, 2.45) is 27.8 Å². The molecule has 0 amide bonds. The Hall–Kier alpha value is -2.12. The number of ether oxygens (including phenoxy) is 1. The summed E-state index contributed by atoms with van der Waals surface area (Å²) in [6, 6.07) is 6.16. The predicted molar refractivity (Wildman–Crippen MR) is 98.4 cm³/mol. The predicted octanol–water partition coefficient (Wildman–Crippen LogP) is 2.92. The average Bonchev–Trinajstić information content (AvgIpc) is 3.43. The number of hydrogen-bond acceptors (Lipinski definition) is 4. The summed E-state index contributed by atoms with van der Waals surface area (Å²) in [7, 11) is 0. The maximum atomic E-state index is 5.58. The first-order chi connectivity index (χ1) is 11.8. The SMILES string of the molecule is Cc1cc(C#CC2CC2)ccc1/C(C=NCC1CCCOC1)=N/N. The monoisotopic (exact) mass is 323 g/mol. The number of aryl methyl sites for hydroxylation is 1. The molecule has 1 saturated heterocycles. The first-order valence-electron chi connectivity index (χ1n) is 8.74. The van der Waals surface area contributed by atoms with Crippen molar-refractivity contribution in [3.63, 3.8) is 0 Å². The zero-order valence-electron chi connectivity index (χ0n) is 14.3. The summed E-state index contributed by atoms with van der Waals surface area (Å²) in [5.41, 5.74) is 3.90. The third kappa shape index (κ3) is 4.69. The molecule has 1 atom stereocenters. The molecule has 0 aromatic heterocycles. The molecule has 24 heavy (non-hydrogen) atoms. The van der Waals surface area contributed by atoms with Crippen LogP contribution in [0.15, 0.2) is 28.3 Å². The molecule has 1 aromatic carbocycles. The Morgan fingerprint density at radius 3 is 2.92 bits per heavy atom. The van der Waals surface area contributed by atoms with Gasteiger partial charge in [0, 0.05) is 42.3 Å². The standard InChI is InChI=1S/C20H25N3O/c1-15-11-17(7-6-16-4-5-16)8-9-19(15)20(23-21)13-22-12-18-3-2-10-24-14-18/h8-9,11,13,16,18H,2-5,10,12,14,21H2,1H3/b22-13?,23-20+. The zero-order chi connectivity index (χ0) is 16.8. The van der Waals surface area contributed by atoms with Crippen molar-refractivity contribution in [1.29, 1.82) is 0 Å². The van der Waals surface area contributed by atoms with E-state index in [0.717, 1.165) is 42.9 Å². The van der Waals surface area contributed by atoms with E-state index in [9.17, 15) is 0 Å². The highest BCUT2D eigenvalue weighted by molar-refractivity contribution is 6.38. The molecule has 2 aliphatic rings. The van der Waals surface area contributed by atoms with Crippen molar-refractivity contribution in [2.75, 3.05) is 19.8 Å². The first kappa shape index (κ1) is 16.7. The molecule has 0 radical (unpaired) electrons. The van der Waals surface area contributed by atoms with Gasteiger partial charge in [0.1, 0.15) is 5.71 Å². The van der Waals surface area contributed by atoms with E-state index in [-0.39, 0.29) is 0 Å². The van der Waals surface area contributed by atoms with E-state index < -0.39 is 0 Å². The number of benzene rings is 1. The fourth-order valence-electron chi connectivity index (χ4n) is 2.85. The molecule has 1 aliphatic heterocycles.